The monoisotopic (exact) mass is 390 g/mol. The van der Waals surface area contributed by atoms with Gasteiger partial charge in [0, 0.05) is 38.1 Å². The van der Waals surface area contributed by atoms with E-state index in [1.54, 1.807) is 6.20 Å². The Kier molecular flexibility index (Phi) is 7.36. The van der Waals surface area contributed by atoms with Crippen molar-refractivity contribution >= 4 is 5.96 Å². The SMILES string of the molecule is CCNC(=NCc1cccc(-n2cccn2)c1)NC1CCN(CC(F)F)CC1. The number of halogens is 2. The summed E-state index contributed by atoms with van der Waals surface area (Å²) in [5.41, 5.74) is 2.10. The van der Waals surface area contributed by atoms with Crippen LogP contribution < -0.4 is 10.6 Å². The highest BCUT2D eigenvalue weighted by atomic mass is 19.3. The molecule has 1 saturated heterocycles. The molecule has 0 bridgehead atoms. The number of nitrogens with zero attached hydrogens (tertiary/aromatic N) is 4. The number of hydrogen-bond donors (Lipinski definition) is 2. The van der Waals surface area contributed by atoms with E-state index in [0.717, 1.165) is 36.6 Å². The van der Waals surface area contributed by atoms with Crippen molar-refractivity contribution in [3.05, 3.63) is 48.3 Å². The lowest BCUT2D eigenvalue weighted by molar-refractivity contribution is 0.0744. The van der Waals surface area contributed by atoms with Gasteiger partial charge in [-0.2, -0.15) is 5.10 Å². The van der Waals surface area contributed by atoms with Crippen LogP contribution in [0, 0.1) is 0 Å². The average Bonchev–Trinajstić information content (AvgIpc) is 3.22. The molecule has 1 aliphatic heterocycles. The summed E-state index contributed by atoms with van der Waals surface area (Å²) in [4.78, 5) is 6.53. The van der Waals surface area contributed by atoms with E-state index in [2.05, 4.69) is 21.8 Å². The number of hydrogen-bond acceptors (Lipinski definition) is 3. The van der Waals surface area contributed by atoms with Crippen LogP contribution in [0.5, 0.6) is 0 Å². The van der Waals surface area contributed by atoms with Crippen molar-refractivity contribution in [1.82, 2.24) is 25.3 Å². The minimum atomic E-state index is -2.26. The molecule has 0 aliphatic carbocycles. The molecular formula is C20H28F2N6. The fourth-order valence-electron chi connectivity index (χ4n) is 3.36. The number of benzene rings is 1. The molecular weight excluding hydrogens is 362 g/mol. The third-order valence-corrected chi connectivity index (χ3v) is 4.77. The molecule has 0 atom stereocenters. The van der Waals surface area contributed by atoms with Gasteiger partial charge in [-0.3, -0.25) is 4.90 Å². The lowest BCUT2D eigenvalue weighted by Gasteiger charge is -2.32. The predicted molar refractivity (Wildman–Crippen MR) is 107 cm³/mol. The van der Waals surface area contributed by atoms with E-state index in [1.807, 2.05) is 47.0 Å². The molecule has 1 fully saturated rings. The van der Waals surface area contributed by atoms with Crippen LogP contribution >= 0.6 is 0 Å². The summed E-state index contributed by atoms with van der Waals surface area (Å²) in [6.45, 7) is 4.59. The highest BCUT2D eigenvalue weighted by Gasteiger charge is 2.21. The number of aliphatic imine (C=N–C) groups is 1. The molecule has 2 heterocycles. The van der Waals surface area contributed by atoms with Crippen LogP contribution in [0.25, 0.3) is 5.69 Å². The van der Waals surface area contributed by atoms with Crippen molar-refractivity contribution in [1.29, 1.82) is 0 Å². The Balaban J connectivity index is 1.57. The van der Waals surface area contributed by atoms with Crippen molar-refractivity contribution in [2.45, 2.75) is 38.8 Å². The molecule has 0 spiro atoms. The molecule has 152 valence electrons. The molecule has 1 aromatic heterocycles. The maximum absolute atomic E-state index is 12.5. The van der Waals surface area contributed by atoms with Crippen molar-refractivity contribution in [3.63, 3.8) is 0 Å². The summed E-state index contributed by atoms with van der Waals surface area (Å²) in [5, 5.41) is 11.0. The van der Waals surface area contributed by atoms with E-state index in [-0.39, 0.29) is 12.6 Å². The zero-order chi connectivity index (χ0) is 19.8. The van der Waals surface area contributed by atoms with Crippen molar-refractivity contribution < 1.29 is 8.78 Å². The number of rotatable bonds is 7. The number of piperidine rings is 1. The molecule has 28 heavy (non-hydrogen) atoms. The Morgan fingerprint density at radius 3 is 2.79 bits per heavy atom. The third-order valence-electron chi connectivity index (χ3n) is 4.77. The van der Waals surface area contributed by atoms with Gasteiger partial charge in [-0.05, 0) is 43.5 Å². The van der Waals surface area contributed by atoms with E-state index in [9.17, 15) is 8.78 Å². The molecule has 0 radical (unpaired) electrons. The zero-order valence-corrected chi connectivity index (χ0v) is 16.2. The Morgan fingerprint density at radius 2 is 2.11 bits per heavy atom. The summed E-state index contributed by atoms with van der Waals surface area (Å²) in [7, 11) is 0. The van der Waals surface area contributed by atoms with Crippen LogP contribution in [-0.2, 0) is 6.54 Å². The summed E-state index contributed by atoms with van der Waals surface area (Å²) in [6, 6.07) is 10.3. The van der Waals surface area contributed by atoms with E-state index >= 15 is 0 Å². The molecule has 3 rings (SSSR count). The van der Waals surface area contributed by atoms with Crippen LogP contribution in [0.3, 0.4) is 0 Å². The Hall–Kier alpha value is -2.48. The maximum Gasteiger partial charge on any atom is 0.251 e. The van der Waals surface area contributed by atoms with Crippen molar-refractivity contribution in [2.75, 3.05) is 26.2 Å². The highest BCUT2D eigenvalue weighted by Crippen LogP contribution is 2.13. The normalized spacial score (nSPS) is 16.5. The number of guanidine groups is 1. The van der Waals surface area contributed by atoms with Gasteiger partial charge in [0.2, 0.25) is 0 Å². The number of likely N-dealkylation sites (tertiary alicyclic amines) is 1. The molecule has 1 aliphatic rings. The van der Waals surface area contributed by atoms with E-state index in [4.69, 9.17) is 4.99 Å². The van der Waals surface area contributed by atoms with Crippen LogP contribution in [0.2, 0.25) is 0 Å². The van der Waals surface area contributed by atoms with Gasteiger partial charge in [-0.15, -0.1) is 0 Å². The first-order valence-electron chi connectivity index (χ1n) is 9.78. The molecule has 0 unspecified atom stereocenters. The Morgan fingerprint density at radius 1 is 1.29 bits per heavy atom. The largest absolute Gasteiger partial charge is 0.357 e. The highest BCUT2D eigenvalue weighted by molar-refractivity contribution is 5.80. The van der Waals surface area contributed by atoms with Crippen molar-refractivity contribution in [2.24, 2.45) is 4.99 Å². The molecule has 8 heteroatoms. The van der Waals surface area contributed by atoms with Gasteiger partial charge < -0.3 is 10.6 Å². The minimum Gasteiger partial charge on any atom is -0.357 e. The first kappa shape index (κ1) is 20.3. The number of aromatic nitrogens is 2. The minimum absolute atomic E-state index is 0.131. The molecule has 6 nitrogen and oxygen atoms in total. The maximum atomic E-state index is 12.5. The lowest BCUT2D eigenvalue weighted by Crippen LogP contribution is -2.49. The summed E-state index contributed by atoms with van der Waals surface area (Å²) >= 11 is 0. The molecule has 0 amide bonds. The third kappa shape index (κ3) is 6.02. The van der Waals surface area contributed by atoms with Crippen LogP contribution in [0.1, 0.15) is 25.3 Å². The van der Waals surface area contributed by atoms with Gasteiger partial charge in [-0.1, -0.05) is 12.1 Å². The zero-order valence-electron chi connectivity index (χ0n) is 16.2. The van der Waals surface area contributed by atoms with Gasteiger partial charge in [0.05, 0.1) is 18.8 Å². The Bertz CT molecular complexity index is 739. The smallest absolute Gasteiger partial charge is 0.251 e. The first-order valence-corrected chi connectivity index (χ1v) is 9.78. The summed E-state index contributed by atoms with van der Waals surface area (Å²) in [5.74, 6) is 0.763. The van der Waals surface area contributed by atoms with Gasteiger partial charge in [-0.25, -0.2) is 18.5 Å². The van der Waals surface area contributed by atoms with E-state index in [1.165, 1.54) is 0 Å². The number of nitrogens with one attached hydrogen (secondary N) is 2. The van der Waals surface area contributed by atoms with Gasteiger partial charge in [0.1, 0.15) is 0 Å². The first-order chi connectivity index (χ1) is 13.6. The molecule has 0 saturated carbocycles. The topological polar surface area (TPSA) is 57.5 Å². The Labute approximate surface area is 164 Å². The summed E-state index contributed by atoms with van der Waals surface area (Å²) in [6.07, 6.45) is 3.08. The fraction of sp³-hybridized carbons (Fsp3) is 0.500. The van der Waals surface area contributed by atoms with Crippen LogP contribution in [0.15, 0.2) is 47.7 Å². The van der Waals surface area contributed by atoms with E-state index in [0.29, 0.717) is 19.6 Å². The van der Waals surface area contributed by atoms with Gasteiger partial charge in [0.15, 0.2) is 5.96 Å². The lowest BCUT2D eigenvalue weighted by atomic mass is 10.1. The second kappa shape index (κ2) is 10.2. The average molecular weight is 390 g/mol. The quantitative estimate of drug-likeness (QED) is 0.564. The van der Waals surface area contributed by atoms with Gasteiger partial charge >= 0.3 is 0 Å². The number of alkyl halides is 2. The standard InChI is InChI=1S/C20H28F2N6/c1-2-23-20(26-17-7-11-27(12-8-17)15-19(21)22)24-14-16-5-3-6-18(13-16)28-10-4-9-25-28/h3-6,9-10,13,17,19H,2,7-8,11-12,14-15H2,1H3,(H2,23,24,26). The van der Waals surface area contributed by atoms with Crippen LogP contribution in [0.4, 0.5) is 8.78 Å². The predicted octanol–water partition coefficient (Wildman–Crippen LogP) is 2.66. The second-order valence-electron chi connectivity index (χ2n) is 6.93. The van der Waals surface area contributed by atoms with Gasteiger partial charge in [0.25, 0.3) is 6.43 Å². The fourth-order valence-corrected chi connectivity index (χ4v) is 3.36. The van der Waals surface area contributed by atoms with E-state index < -0.39 is 6.43 Å². The van der Waals surface area contributed by atoms with Crippen molar-refractivity contribution in [3.8, 4) is 5.69 Å². The summed E-state index contributed by atoms with van der Waals surface area (Å²) < 4.78 is 26.9. The molecule has 1 aromatic carbocycles. The van der Waals surface area contributed by atoms with Crippen LogP contribution in [-0.4, -0.2) is 59.3 Å². The second-order valence-corrected chi connectivity index (χ2v) is 6.93. The molecule has 2 N–H and O–H groups in total. The molecule has 2 aromatic rings.